The number of pyridine rings is 1. The van der Waals surface area contributed by atoms with E-state index in [0.29, 0.717) is 18.3 Å². The van der Waals surface area contributed by atoms with Gasteiger partial charge in [-0.2, -0.15) is 15.0 Å². The molecule has 8 heteroatoms. The molecule has 0 spiro atoms. The summed E-state index contributed by atoms with van der Waals surface area (Å²) < 4.78 is 2.66. The van der Waals surface area contributed by atoms with Gasteiger partial charge in [-0.1, -0.05) is 0 Å². The van der Waals surface area contributed by atoms with Crippen molar-refractivity contribution in [2.45, 2.75) is 6.54 Å². The maximum absolute atomic E-state index is 11.8. The zero-order chi connectivity index (χ0) is 15.0. The molecule has 0 saturated carbocycles. The molecule has 108 valence electrons. The lowest BCUT2D eigenvalue weighted by Gasteiger charge is -2.12. The Morgan fingerprint density at radius 1 is 1.29 bits per heavy atom. The summed E-state index contributed by atoms with van der Waals surface area (Å²) in [6.07, 6.45) is 1.74. The Hall–Kier alpha value is -2.48. The predicted octanol–water partition coefficient (Wildman–Crippen LogP) is 0.944. The Morgan fingerprint density at radius 3 is 2.86 bits per heavy atom. The van der Waals surface area contributed by atoms with Crippen LogP contribution in [0.25, 0.3) is 10.2 Å². The van der Waals surface area contributed by atoms with E-state index in [2.05, 4.69) is 15.0 Å². The van der Waals surface area contributed by atoms with E-state index in [0.717, 1.165) is 10.2 Å². The second-order valence-corrected chi connectivity index (χ2v) is 5.66. The van der Waals surface area contributed by atoms with Crippen LogP contribution in [0.15, 0.2) is 28.5 Å². The zero-order valence-electron chi connectivity index (χ0n) is 11.6. The number of aromatic nitrogens is 4. The molecule has 0 saturated heterocycles. The highest BCUT2D eigenvalue weighted by Gasteiger charge is 2.09. The number of nitrogens with zero attached hydrogens (tertiary/aromatic N) is 5. The van der Waals surface area contributed by atoms with Gasteiger partial charge in [-0.3, -0.25) is 4.79 Å². The number of anilines is 2. The van der Waals surface area contributed by atoms with Gasteiger partial charge in [0.25, 0.3) is 0 Å². The molecule has 21 heavy (non-hydrogen) atoms. The maximum atomic E-state index is 11.8. The first-order chi connectivity index (χ1) is 10.0. The summed E-state index contributed by atoms with van der Waals surface area (Å²) in [7, 11) is 3.68. The molecule has 3 aromatic rings. The van der Waals surface area contributed by atoms with Crippen molar-refractivity contribution in [3.63, 3.8) is 0 Å². The molecule has 3 aromatic heterocycles. The smallest absolute Gasteiger partial charge is 0.229 e. The fourth-order valence-corrected chi connectivity index (χ4v) is 2.84. The molecule has 3 rings (SSSR count). The van der Waals surface area contributed by atoms with Crippen molar-refractivity contribution in [2.75, 3.05) is 24.7 Å². The fraction of sp³-hybridized carbons (Fsp3) is 0.231. The summed E-state index contributed by atoms with van der Waals surface area (Å²) in [5, 5.41) is 1.90. The summed E-state index contributed by atoms with van der Waals surface area (Å²) in [4.78, 5) is 26.1. The quantitative estimate of drug-likeness (QED) is 0.774. The molecule has 0 aliphatic rings. The Kier molecular flexibility index (Phi) is 3.30. The molecule has 0 aromatic carbocycles. The first kappa shape index (κ1) is 13.5. The van der Waals surface area contributed by atoms with Crippen molar-refractivity contribution < 1.29 is 0 Å². The van der Waals surface area contributed by atoms with Crippen LogP contribution in [0.2, 0.25) is 0 Å². The maximum Gasteiger partial charge on any atom is 0.229 e. The van der Waals surface area contributed by atoms with Crippen LogP contribution < -0.4 is 16.1 Å². The molecule has 7 nitrogen and oxygen atoms in total. The van der Waals surface area contributed by atoms with E-state index in [4.69, 9.17) is 5.73 Å². The Labute approximate surface area is 124 Å². The van der Waals surface area contributed by atoms with E-state index >= 15 is 0 Å². The third kappa shape index (κ3) is 2.57. The van der Waals surface area contributed by atoms with Crippen LogP contribution in [0.4, 0.5) is 11.9 Å². The molecule has 0 bridgehead atoms. The molecule has 2 N–H and O–H groups in total. The number of fused-ring (bicyclic) bond motifs is 1. The fourth-order valence-electron chi connectivity index (χ4n) is 2.01. The van der Waals surface area contributed by atoms with Gasteiger partial charge in [-0.25, -0.2) is 0 Å². The van der Waals surface area contributed by atoms with Crippen LogP contribution >= 0.6 is 11.3 Å². The average Bonchev–Trinajstić information content (AvgIpc) is 2.92. The third-order valence-corrected chi connectivity index (χ3v) is 3.90. The number of thiophene rings is 1. The second-order valence-electron chi connectivity index (χ2n) is 4.75. The van der Waals surface area contributed by atoms with E-state index in [1.54, 1.807) is 17.2 Å². The third-order valence-electron chi connectivity index (χ3n) is 2.98. The van der Waals surface area contributed by atoms with Crippen LogP contribution in [0.5, 0.6) is 0 Å². The molecular weight excluding hydrogens is 288 g/mol. The van der Waals surface area contributed by atoms with Gasteiger partial charge in [0.2, 0.25) is 11.9 Å². The van der Waals surface area contributed by atoms with Gasteiger partial charge in [0.15, 0.2) is 11.3 Å². The molecule has 0 unspecified atom stereocenters. The second kappa shape index (κ2) is 5.13. The lowest BCUT2D eigenvalue weighted by atomic mass is 10.3. The van der Waals surface area contributed by atoms with Gasteiger partial charge in [-0.15, -0.1) is 11.3 Å². The molecule has 0 atom stereocenters. The van der Waals surface area contributed by atoms with Crippen LogP contribution in [-0.2, 0) is 6.54 Å². The number of nitrogens with two attached hydrogens (primary N) is 1. The first-order valence-electron chi connectivity index (χ1n) is 6.29. The van der Waals surface area contributed by atoms with Crippen molar-refractivity contribution in [3.05, 3.63) is 39.8 Å². The molecule has 0 aliphatic carbocycles. The van der Waals surface area contributed by atoms with Crippen LogP contribution in [-0.4, -0.2) is 33.6 Å². The van der Waals surface area contributed by atoms with Gasteiger partial charge in [-0.05, 0) is 11.4 Å². The molecule has 0 amide bonds. The monoisotopic (exact) mass is 302 g/mol. The standard InChI is InChI=1S/C13H14N6OS/c1-18(2)13-16-10(15-12(14)17-13)7-19-5-3-9(20)11-8(19)4-6-21-11/h3-6H,7H2,1-2H3,(H2,14,15,16,17). The highest BCUT2D eigenvalue weighted by molar-refractivity contribution is 7.17. The lowest BCUT2D eigenvalue weighted by molar-refractivity contribution is 0.753. The van der Waals surface area contributed by atoms with Crippen molar-refractivity contribution in [2.24, 2.45) is 0 Å². The Bertz CT molecular complexity index is 853. The molecule has 0 fully saturated rings. The Morgan fingerprint density at radius 2 is 2.10 bits per heavy atom. The average molecular weight is 302 g/mol. The van der Waals surface area contributed by atoms with E-state index in [9.17, 15) is 4.79 Å². The largest absolute Gasteiger partial charge is 0.368 e. The highest BCUT2D eigenvalue weighted by Crippen LogP contribution is 2.17. The number of hydrogen-bond acceptors (Lipinski definition) is 7. The van der Waals surface area contributed by atoms with Gasteiger partial charge >= 0.3 is 0 Å². The molecule has 0 aliphatic heterocycles. The lowest BCUT2D eigenvalue weighted by Crippen LogP contribution is -2.17. The SMILES string of the molecule is CN(C)c1nc(N)nc(Cn2ccc(=O)c3sccc32)n1. The molecular formula is C13H14N6OS. The van der Waals surface area contributed by atoms with Crippen LogP contribution in [0.1, 0.15) is 5.82 Å². The molecule has 0 radical (unpaired) electrons. The van der Waals surface area contributed by atoms with E-state index in [1.165, 1.54) is 11.3 Å². The minimum absolute atomic E-state index is 0.0281. The van der Waals surface area contributed by atoms with E-state index in [-0.39, 0.29) is 11.4 Å². The number of nitrogen functional groups attached to an aromatic ring is 1. The summed E-state index contributed by atoms with van der Waals surface area (Å²) >= 11 is 1.43. The highest BCUT2D eigenvalue weighted by atomic mass is 32.1. The minimum atomic E-state index is 0.0281. The van der Waals surface area contributed by atoms with Gasteiger partial charge in [0.05, 0.1) is 16.8 Å². The summed E-state index contributed by atoms with van der Waals surface area (Å²) in [6, 6.07) is 3.47. The number of hydrogen-bond donors (Lipinski definition) is 1. The zero-order valence-corrected chi connectivity index (χ0v) is 12.5. The van der Waals surface area contributed by atoms with E-state index < -0.39 is 0 Å². The molecule has 3 heterocycles. The Balaban J connectivity index is 2.05. The first-order valence-corrected chi connectivity index (χ1v) is 7.17. The summed E-state index contributed by atoms with van der Waals surface area (Å²) in [6.45, 7) is 0.432. The van der Waals surface area contributed by atoms with Gasteiger partial charge in [0, 0.05) is 26.4 Å². The van der Waals surface area contributed by atoms with Crippen molar-refractivity contribution >= 4 is 33.5 Å². The van der Waals surface area contributed by atoms with Gasteiger partial charge < -0.3 is 15.2 Å². The predicted molar refractivity (Wildman–Crippen MR) is 83.8 cm³/mol. The minimum Gasteiger partial charge on any atom is -0.368 e. The summed E-state index contributed by atoms with van der Waals surface area (Å²) in [5.74, 6) is 1.26. The topological polar surface area (TPSA) is 89.9 Å². The van der Waals surface area contributed by atoms with Gasteiger partial charge in [0.1, 0.15) is 0 Å². The number of rotatable bonds is 3. The van der Waals surface area contributed by atoms with E-state index in [1.807, 2.05) is 30.1 Å². The van der Waals surface area contributed by atoms with Crippen LogP contribution in [0.3, 0.4) is 0 Å². The van der Waals surface area contributed by atoms with Crippen molar-refractivity contribution in [1.29, 1.82) is 0 Å². The normalized spacial score (nSPS) is 11.0. The van der Waals surface area contributed by atoms with Crippen molar-refractivity contribution in [1.82, 2.24) is 19.5 Å². The van der Waals surface area contributed by atoms with Crippen LogP contribution in [0, 0.1) is 0 Å². The van der Waals surface area contributed by atoms with Crippen molar-refractivity contribution in [3.8, 4) is 0 Å². The summed E-state index contributed by atoms with van der Waals surface area (Å²) in [5.41, 5.74) is 6.62.